The van der Waals surface area contributed by atoms with Gasteiger partial charge < -0.3 is 16.0 Å². The van der Waals surface area contributed by atoms with Crippen molar-refractivity contribution in [1.82, 2.24) is 10.2 Å². The molecule has 1 aromatic carbocycles. The number of hydrogen-bond acceptors (Lipinski definition) is 3. The molecule has 104 valence electrons. The zero-order chi connectivity index (χ0) is 14.4. The van der Waals surface area contributed by atoms with Gasteiger partial charge in [-0.05, 0) is 24.6 Å². The molecule has 0 bridgehead atoms. The van der Waals surface area contributed by atoms with Crippen LogP contribution in [-0.2, 0) is 4.79 Å². The van der Waals surface area contributed by atoms with Gasteiger partial charge in [0, 0.05) is 29.3 Å². The van der Waals surface area contributed by atoms with E-state index in [0.29, 0.717) is 17.8 Å². The van der Waals surface area contributed by atoms with Crippen LogP contribution in [0.3, 0.4) is 0 Å². The highest BCUT2D eigenvalue weighted by Gasteiger charge is 2.18. The smallest absolute Gasteiger partial charge is 0.254 e. The number of nitrogens with zero attached hydrogens (tertiary/aromatic N) is 1. The number of carbonyl (C=O) groups is 2. The third-order valence-corrected chi connectivity index (χ3v) is 3.02. The number of carbonyl (C=O) groups excluding carboxylic acids is 2. The summed E-state index contributed by atoms with van der Waals surface area (Å²) in [6, 6.07) is 5.03. The molecule has 0 saturated carbocycles. The minimum Gasteiger partial charge on any atom is -0.399 e. The van der Waals surface area contributed by atoms with Crippen molar-refractivity contribution < 1.29 is 9.59 Å². The van der Waals surface area contributed by atoms with Crippen LogP contribution >= 0.6 is 15.9 Å². The van der Waals surface area contributed by atoms with E-state index < -0.39 is 0 Å². The average molecular weight is 328 g/mol. The first-order chi connectivity index (χ1) is 8.97. The summed E-state index contributed by atoms with van der Waals surface area (Å²) in [5.41, 5.74) is 6.70. The van der Waals surface area contributed by atoms with Crippen LogP contribution < -0.4 is 11.1 Å². The van der Waals surface area contributed by atoms with Crippen LogP contribution in [0.5, 0.6) is 0 Å². The number of nitrogens with one attached hydrogen (secondary N) is 1. The molecule has 3 N–H and O–H groups in total. The number of nitrogens with two attached hydrogens (primary N) is 1. The summed E-state index contributed by atoms with van der Waals surface area (Å²) in [6.45, 7) is 2.54. The lowest BCUT2D eigenvalue weighted by Crippen LogP contribution is -2.40. The number of rotatable bonds is 5. The number of anilines is 1. The predicted molar refractivity (Wildman–Crippen MR) is 78.8 cm³/mol. The van der Waals surface area contributed by atoms with E-state index >= 15 is 0 Å². The second-order valence-electron chi connectivity index (χ2n) is 4.17. The van der Waals surface area contributed by atoms with Crippen LogP contribution in [0, 0.1) is 0 Å². The van der Waals surface area contributed by atoms with E-state index in [-0.39, 0.29) is 18.4 Å². The Morgan fingerprint density at radius 3 is 2.58 bits per heavy atom. The summed E-state index contributed by atoms with van der Waals surface area (Å²) in [5, 5.41) is 2.52. The second kappa shape index (κ2) is 7.13. The van der Waals surface area contributed by atoms with E-state index in [2.05, 4.69) is 21.2 Å². The van der Waals surface area contributed by atoms with E-state index in [1.807, 2.05) is 6.92 Å². The number of amides is 2. The molecule has 0 radical (unpaired) electrons. The Labute approximate surface area is 121 Å². The zero-order valence-corrected chi connectivity index (χ0v) is 12.7. The number of hydrogen-bond donors (Lipinski definition) is 2. The van der Waals surface area contributed by atoms with Crippen LogP contribution in [-0.4, -0.2) is 36.9 Å². The Kier molecular flexibility index (Phi) is 5.82. The van der Waals surface area contributed by atoms with E-state index in [9.17, 15) is 9.59 Å². The number of nitrogen functional groups attached to an aromatic ring is 1. The number of halogens is 1. The molecule has 6 heteroatoms. The van der Waals surface area contributed by atoms with Gasteiger partial charge in [0.25, 0.3) is 5.91 Å². The molecule has 19 heavy (non-hydrogen) atoms. The van der Waals surface area contributed by atoms with E-state index in [1.165, 1.54) is 4.90 Å². The van der Waals surface area contributed by atoms with Crippen LogP contribution in [0.25, 0.3) is 0 Å². The maximum absolute atomic E-state index is 12.4. The monoisotopic (exact) mass is 327 g/mol. The fourth-order valence-electron chi connectivity index (χ4n) is 1.69. The molecule has 0 aliphatic carbocycles. The molecular formula is C13H18BrN3O2. The molecule has 0 fully saturated rings. The predicted octanol–water partition coefficient (Wildman–Crippen LogP) is 1.63. The minimum absolute atomic E-state index is 0.0512. The van der Waals surface area contributed by atoms with Gasteiger partial charge in [-0.15, -0.1) is 0 Å². The van der Waals surface area contributed by atoms with Gasteiger partial charge in [0.15, 0.2) is 0 Å². The van der Waals surface area contributed by atoms with Crippen molar-refractivity contribution in [2.75, 3.05) is 25.9 Å². The molecule has 0 unspecified atom stereocenters. The first-order valence-corrected chi connectivity index (χ1v) is 6.83. The van der Waals surface area contributed by atoms with Crippen LogP contribution in [0.4, 0.5) is 5.69 Å². The molecule has 0 aromatic heterocycles. The van der Waals surface area contributed by atoms with Gasteiger partial charge >= 0.3 is 0 Å². The Bertz CT molecular complexity index is 457. The average Bonchev–Trinajstić information content (AvgIpc) is 2.36. The topological polar surface area (TPSA) is 75.4 Å². The van der Waals surface area contributed by atoms with Gasteiger partial charge in [-0.25, -0.2) is 0 Å². The highest BCUT2D eigenvalue weighted by Crippen LogP contribution is 2.18. The molecule has 1 aromatic rings. The zero-order valence-electron chi connectivity index (χ0n) is 11.1. The summed E-state index contributed by atoms with van der Waals surface area (Å²) < 4.78 is 0.743. The quantitative estimate of drug-likeness (QED) is 0.807. The summed E-state index contributed by atoms with van der Waals surface area (Å²) in [6.07, 6.45) is 0.784. The van der Waals surface area contributed by atoms with Crippen molar-refractivity contribution in [2.24, 2.45) is 0 Å². The third kappa shape index (κ3) is 4.55. The lowest BCUT2D eigenvalue weighted by atomic mass is 10.1. The molecule has 1 rings (SSSR count). The van der Waals surface area contributed by atoms with Crippen molar-refractivity contribution in [2.45, 2.75) is 13.3 Å². The fourth-order valence-corrected chi connectivity index (χ4v) is 2.20. The summed E-state index contributed by atoms with van der Waals surface area (Å²) in [5.74, 6) is -0.386. The Morgan fingerprint density at radius 2 is 2.05 bits per heavy atom. The van der Waals surface area contributed by atoms with Crippen molar-refractivity contribution in [3.63, 3.8) is 0 Å². The summed E-state index contributed by atoms with van der Waals surface area (Å²) >= 11 is 3.30. The van der Waals surface area contributed by atoms with Crippen molar-refractivity contribution in [3.8, 4) is 0 Å². The van der Waals surface area contributed by atoms with E-state index in [0.717, 1.165) is 10.9 Å². The maximum Gasteiger partial charge on any atom is 0.254 e. The highest BCUT2D eigenvalue weighted by molar-refractivity contribution is 9.10. The largest absolute Gasteiger partial charge is 0.399 e. The second-order valence-corrected chi connectivity index (χ2v) is 5.09. The standard InChI is InChI=1S/C13H18BrN3O2/c1-3-4-17(8-12(18)16-2)13(19)9-5-10(14)7-11(15)6-9/h5-7H,3-4,8,15H2,1-2H3,(H,16,18). The highest BCUT2D eigenvalue weighted by atomic mass is 79.9. The summed E-state index contributed by atoms with van der Waals surface area (Å²) in [7, 11) is 1.55. The van der Waals surface area contributed by atoms with Crippen LogP contribution in [0.1, 0.15) is 23.7 Å². The fraction of sp³-hybridized carbons (Fsp3) is 0.385. The van der Waals surface area contributed by atoms with Gasteiger partial charge in [-0.2, -0.15) is 0 Å². The third-order valence-electron chi connectivity index (χ3n) is 2.56. The van der Waals surface area contributed by atoms with Crippen LogP contribution in [0.15, 0.2) is 22.7 Å². The Morgan fingerprint density at radius 1 is 1.37 bits per heavy atom. The maximum atomic E-state index is 12.4. The minimum atomic E-state index is -0.196. The Balaban J connectivity index is 2.94. The van der Waals surface area contributed by atoms with E-state index in [4.69, 9.17) is 5.73 Å². The normalized spacial score (nSPS) is 10.1. The van der Waals surface area contributed by atoms with Gasteiger partial charge in [0.1, 0.15) is 0 Å². The van der Waals surface area contributed by atoms with E-state index in [1.54, 1.807) is 25.2 Å². The first-order valence-electron chi connectivity index (χ1n) is 6.03. The SMILES string of the molecule is CCCN(CC(=O)NC)C(=O)c1cc(N)cc(Br)c1. The molecule has 5 nitrogen and oxygen atoms in total. The molecule has 0 spiro atoms. The van der Waals surface area contributed by atoms with Gasteiger partial charge in [0.2, 0.25) is 5.91 Å². The molecule has 0 aliphatic rings. The van der Waals surface area contributed by atoms with Crippen molar-refractivity contribution in [1.29, 1.82) is 0 Å². The van der Waals surface area contributed by atoms with Gasteiger partial charge in [0.05, 0.1) is 6.54 Å². The molecule has 2 amide bonds. The molecule has 0 heterocycles. The summed E-state index contributed by atoms with van der Waals surface area (Å²) in [4.78, 5) is 25.3. The van der Waals surface area contributed by atoms with Crippen LogP contribution in [0.2, 0.25) is 0 Å². The van der Waals surface area contributed by atoms with Gasteiger partial charge in [-0.1, -0.05) is 22.9 Å². The molecular weight excluding hydrogens is 310 g/mol. The molecule has 0 atom stereocenters. The number of likely N-dealkylation sites (N-methyl/N-ethyl adjacent to an activating group) is 1. The van der Waals surface area contributed by atoms with Crippen molar-refractivity contribution in [3.05, 3.63) is 28.2 Å². The Hall–Kier alpha value is -1.56. The number of benzene rings is 1. The molecule has 0 saturated heterocycles. The first kappa shape index (κ1) is 15.5. The lowest BCUT2D eigenvalue weighted by molar-refractivity contribution is -0.121. The van der Waals surface area contributed by atoms with Gasteiger partial charge in [-0.3, -0.25) is 9.59 Å². The lowest BCUT2D eigenvalue weighted by Gasteiger charge is -2.21. The molecule has 0 aliphatic heterocycles. The van der Waals surface area contributed by atoms with Crippen molar-refractivity contribution >= 4 is 33.4 Å².